The molecule has 0 radical (unpaired) electrons. The maximum absolute atomic E-state index is 13.6. The Balaban J connectivity index is 0.00000241. The first kappa shape index (κ1) is 22.0. The first-order chi connectivity index (χ1) is 16.2. The Morgan fingerprint density at radius 3 is 2.71 bits per heavy atom. The second kappa shape index (κ2) is 8.84. The number of nitrogens with zero attached hydrogens (tertiary/aromatic N) is 5. The maximum Gasteiger partial charge on any atom is 0.231 e. The molecule has 0 aliphatic carbocycles. The van der Waals surface area contributed by atoms with Crippen LogP contribution in [0.5, 0.6) is 0 Å². The van der Waals surface area contributed by atoms with Gasteiger partial charge in [-0.3, -0.25) is 5.10 Å². The molecule has 2 N–H and O–H groups in total. The van der Waals surface area contributed by atoms with Gasteiger partial charge in [0.1, 0.15) is 5.52 Å². The van der Waals surface area contributed by atoms with Gasteiger partial charge >= 0.3 is 0 Å². The van der Waals surface area contributed by atoms with E-state index in [9.17, 15) is 8.78 Å². The number of H-pyrrole nitrogens is 1. The summed E-state index contributed by atoms with van der Waals surface area (Å²) in [6.07, 6.45) is 1.66. The van der Waals surface area contributed by atoms with Crippen molar-refractivity contribution in [1.29, 1.82) is 0 Å². The van der Waals surface area contributed by atoms with Crippen LogP contribution in [0.3, 0.4) is 0 Å². The van der Waals surface area contributed by atoms with Crippen LogP contribution in [0.4, 0.5) is 26.4 Å². The van der Waals surface area contributed by atoms with E-state index < -0.39 is 11.6 Å². The minimum absolute atomic E-state index is 0. The molecule has 0 atom stereocenters. The number of aromatic nitrogens is 5. The molecule has 1 fully saturated rings. The summed E-state index contributed by atoms with van der Waals surface area (Å²) in [5.74, 6) is -0.455. The van der Waals surface area contributed by atoms with E-state index in [-0.39, 0.29) is 12.4 Å². The Kier molecular flexibility index (Phi) is 5.72. The molecule has 12 heteroatoms. The van der Waals surface area contributed by atoms with Crippen molar-refractivity contribution in [2.45, 2.75) is 0 Å². The fourth-order valence-corrected chi connectivity index (χ4v) is 3.82. The zero-order chi connectivity index (χ0) is 22.4. The van der Waals surface area contributed by atoms with Gasteiger partial charge in [-0.25, -0.2) is 18.7 Å². The summed E-state index contributed by atoms with van der Waals surface area (Å²) in [5.41, 5.74) is 2.65. The lowest BCUT2D eigenvalue weighted by atomic mass is 10.1. The number of aromatic amines is 1. The molecule has 5 heterocycles. The molecule has 1 aliphatic heterocycles. The van der Waals surface area contributed by atoms with Gasteiger partial charge in [0.2, 0.25) is 11.7 Å². The number of hydrogen-bond acceptors (Lipinski definition) is 8. The van der Waals surface area contributed by atoms with Crippen LogP contribution in [0.25, 0.3) is 33.5 Å². The highest BCUT2D eigenvalue weighted by Crippen LogP contribution is 2.34. The quantitative estimate of drug-likeness (QED) is 0.385. The third-order valence-electron chi connectivity index (χ3n) is 5.43. The molecule has 34 heavy (non-hydrogen) atoms. The largest absolute Gasteiger partial charge is 0.432 e. The van der Waals surface area contributed by atoms with E-state index in [1.54, 1.807) is 12.3 Å². The monoisotopic (exact) mass is 485 g/mol. The molecule has 0 saturated carbocycles. The van der Waals surface area contributed by atoms with Crippen molar-refractivity contribution >= 4 is 52.2 Å². The Morgan fingerprint density at radius 2 is 1.88 bits per heavy atom. The molecule has 9 nitrogen and oxygen atoms in total. The smallest absolute Gasteiger partial charge is 0.231 e. The van der Waals surface area contributed by atoms with Crippen molar-refractivity contribution in [1.82, 2.24) is 25.1 Å². The first-order valence-electron chi connectivity index (χ1n) is 10.3. The van der Waals surface area contributed by atoms with Gasteiger partial charge in [0.25, 0.3) is 0 Å². The Bertz CT molecular complexity index is 1480. The normalized spacial score (nSPS) is 13.9. The molecular weight excluding hydrogens is 468 g/mol. The average molecular weight is 486 g/mol. The summed E-state index contributed by atoms with van der Waals surface area (Å²) in [5, 5.41) is 10.9. The van der Waals surface area contributed by atoms with Crippen LogP contribution in [0, 0.1) is 11.6 Å². The molecule has 0 bridgehead atoms. The summed E-state index contributed by atoms with van der Waals surface area (Å²) in [6.45, 7) is 2.50. The van der Waals surface area contributed by atoms with Gasteiger partial charge in [-0.05, 0) is 30.3 Å². The minimum Gasteiger partial charge on any atom is -0.432 e. The fourth-order valence-electron chi connectivity index (χ4n) is 3.82. The number of pyridine rings is 1. The number of rotatable bonds is 4. The number of anilines is 3. The highest BCUT2D eigenvalue weighted by atomic mass is 35.5. The number of benzene rings is 1. The minimum atomic E-state index is -0.930. The number of hydrogen-bond donors (Lipinski definition) is 2. The number of fused-ring (bicyclic) bond motifs is 3. The lowest BCUT2D eigenvalue weighted by Gasteiger charge is -2.27. The highest BCUT2D eigenvalue weighted by molar-refractivity contribution is 6.05. The van der Waals surface area contributed by atoms with Gasteiger partial charge in [-0.2, -0.15) is 10.1 Å². The summed E-state index contributed by atoms with van der Waals surface area (Å²) >= 11 is 0. The van der Waals surface area contributed by atoms with Gasteiger partial charge in [0.15, 0.2) is 28.9 Å². The van der Waals surface area contributed by atoms with Crippen LogP contribution < -0.4 is 10.2 Å². The molecule has 1 aliphatic rings. The van der Waals surface area contributed by atoms with Crippen LogP contribution in [0.2, 0.25) is 0 Å². The Labute approximate surface area is 197 Å². The average Bonchev–Trinajstić information content (AvgIpc) is 3.46. The molecule has 5 aromatic rings. The third kappa shape index (κ3) is 3.88. The Morgan fingerprint density at radius 1 is 1.03 bits per heavy atom. The number of morpholine rings is 1. The van der Waals surface area contributed by atoms with Crippen molar-refractivity contribution in [3.8, 4) is 11.3 Å². The number of ether oxygens (including phenoxy) is 1. The van der Waals surface area contributed by atoms with Crippen molar-refractivity contribution in [2.24, 2.45) is 0 Å². The molecule has 1 aromatic carbocycles. The number of furan rings is 1. The number of halogens is 3. The number of nitrogens with one attached hydrogen (secondary N) is 2. The summed E-state index contributed by atoms with van der Waals surface area (Å²) in [7, 11) is 0. The predicted molar refractivity (Wildman–Crippen MR) is 125 cm³/mol. The van der Waals surface area contributed by atoms with Crippen LogP contribution >= 0.6 is 12.4 Å². The zero-order valence-corrected chi connectivity index (χ0v) is 18.4. The van der Waals surface area contributed by atoms with E-state index >= 15 is 0 Å². The maximum atomic E-state index is 13.6. The molecule has 174 valence electrons. The predicted octanol–water partition coefficient (Wildman–Crippen LogP) is 4.44. The second-order valence-electron chi connectivity index (χ2n) is 7.53. The van der Waals surface area contributed by atoms with E-state index in [1.807, 2.05) is 12.1 Å². The lowest BCUT2D eigenvalue weighted by molar-refractivity contribution is 0.122. The van der Waals surface area contributed by atoms with Crippen LogP contribution in [-0.4, -0.2) is 51.5 Å². The molecule has 0 unspecified atom stereocenters. The molecule has 4 aromatic heterocycles. The molecule has 0 amide bonds. The van der Waals surface area contributed by atoms with Gasteiger partial charge in [0.05, 0.1) is 24.3 Å². The van der Waals surface area contributed by atoms with Crippen LogP contribution in [-0.2, 0) is 4.74 Å². The summed E-state index contributed by atoms with van der Waals surface area (Å²) < 4.78 is 38.3. The van der Waals surface area contributed by atoms with Crippen LogP contribution in [0.15, 0.2) is 47.0 Å². The second-order valence-corrected chi connectivity index (χ2v) is 7.53. The Hall–Kier alpha value is -3.83. The SMILES string of the molecule is Cl.Fc1ccc(-c2cc(Nc3nc(N4CCOCC4)c4oc5ncccc5c4n3)n[nH]2)cc1F. The lowest BCUT2D eigenvalue weighted by Crippen LogP contribution is -2.37. The van der Waals surface area contributed by atoms with E-state index in [0.717, 1.165) is 17.5 Å². The fraction of sp³-hybridized carbons (Fsp3) is 0.182. The van der Waals surface area contributed by atoms with E-state index in [0.29, 0.717) is 72.0 Å². The third-order valence-corrected chi connectivity index (χ3v) is 5.43. The van der Waals surface area contributed by atoms with Crippen molar-refractivity contribution < 1.29 is 17.9 Å². The van der Waals surface area contributed by atoms with Crippen molar-refractivity contribution in [3.05, 3.63) is 54.2 Å². The molecule has 6 rings (SSSR count). The zero-order valence-electron chi connectivity index (χ0n) is 17.6. The van der Waals surface area contributed by atoms with E-state index in [4.69, 9.17) is 9.15 Å². The standard InChI is InChI=1S/C22H17F2N7O2.ClH/c23-14-4-3-12(10-15(14)24)16-11-17(30-29-16)26-22-27-18-13-2-1-5-25-21(13)33-19(18)20(28-22)31-6-8-32-9-7-31;/h1-5,10-11H,6-9H2,(H2,26,27,28,29,30);1H. The van der Waals surface area contributed by atoms with Crippen molar-refractivity contribution in [2.75, 3.05) is 36.5 Å². The van der Waals surface area contributed by atoms with Crippen LogP contribution in [0.1, 0.15) is 0 Å². The van der Waals surface area contributed by atoms with Crippen molar-refractivity contribution in [3.63, 3.8) is 0 Å². The summed E-state index contributed by atoms with van der Waals surface area (Å²) in [6, 6.07) is 9.04. The first-order valence-corrected chi connectivity index (χ1v) is 10.3. The van der Waals surface area contributed by atoms with Gasteiger partial charge < -0.3 is 19.4 Å². The van der Waals surface area contributed by atoms with E-state index in [1.165, 1.54) is 6.07 Å². The molecular formula is C22H18ClF2N7O2. The van der Waals surface area contributed by atoms with Gasteiger partial charge in [-0.1, -0.05) is 0 Å². The van der Waals surface area contributed by atoms with Gasteiger partial charge in [0, 0.05) is 30.9 Å². The molecule has 1 saturated heterocycles. The summed E-state index contributed by atoms with van der Waals surface area (Å²) in [4.78, 5) is 15.7. The van der Waals surface area contributed by atoms with Gasteiger partial charge in [-0.15, -0.1) is 12.4 Å². The topological polar surface area (TPSA) is 105 Å². The highest BCUT2D eigenvalue weighted by Gasteiger charge is 2.22. The molecule has 0 spiro atoms. The van der Waals surface area contributed by atoms with E-state index in [2.05, 4.69) is 35.4 Å².